The summed E-state index contributed by atoms with van der Waals surface area (Å²) < 4.78 is 2.24. The van der Waals surface area contributed by atoms with E-state index in [4.69, 9.17) is 11.6 Å². The van der Waals surface area contributed by atoms with Crippen LogP contribution in [0.4, 0.5) is 0 Å². The molecular formula is C24H28ClN5OS2. The van der Waals surface area contributed by atoms with Gasteiger partial charge in [-0.1, -0.05) is 48.2 Å². The normalized spacial score (nSPS) is 24.9. The third-order valence-corrected chi connectivity index (χ3v) is 8.74. The predicted octanol–water partition coefficient (Wildman–Crippen LogP) is 4.09. The number of benzene rings is 1. The number of carbonyl (C=O) groups is 1. The molecule has 1 aromatic carbocycles. The fraction of sp³-hybridized carbons (Fsp3) is 0.458. The van der Waals surface area contributed by atoms with E-state index in [-0.39, 0.29) is 29.4 Å². The quantitative estimate of drug-likeness (QED) is 0.359. The zero-order valence-corrected chi connectivity index (χ0v) is 20.7. The van der Waals surface area contributed by atoms with Crippen molar-refractivity contribution >= 4 is 40.6 Å². The number of nitrogens with zero attached hydrogens (tertiary/aromatic N) is 3. The van der Waals surface area contributed by atoms with Crippen molar-refractivity contribution in [3.05, 3.63) is 64.1 Å². The highest BCUT2D eigenvalue weighted by Gasteiger charge is 2.39. The van der Waals surface area contributed by atoms with Gasteiger partial charge in [-0.2, -0.15) is 0 Å². The summed E-state index contributed by atoms with van der Waals surface area (Å²) in [5.74, 6) is 1.86. The van der Waals surface area contributed by atoms with Gasteiger partial charge < -0.3 is 9.88 Å². The van der Waals surface area contributed by atoms with Crippen LogP contribution in [0.5, 0.6) is 0 Å². The van der Waals surface area contributed by atoms with Crippen molar-refractivity contribution in [2.24, 2.45) is 5.92 Å². The second-order valence-corrected chi connectivity index (χ2v) is 11.3. The minimum absolute atomic E-state index is 0.0353. The van der Waals surface area contributed by atoms with Crippen molar-refractivity contribution < 1.29 is 4.79 Å². The molecule has 1 aliphatic carbocycles. The maximum Gasteiger partial charge on any atom is 0.225 e. The molecule has 2 fully saturated rings. The lowest BCUT2D eigenvalue weighted by molar-refractivity contribution is -0.130. The second-order valence-electron chi connectivity index (χ2n) is 8.70. The molecule has 0 spiro atoms. The van der Waals surface area contributed by atoms with Crippen LogP contribution in [0.2, 0.25) is 0 Å². The van der Waals surface area contributed by atoms with Gasteiger partial charge in [0.25, 0.3) is 0 Å². The van der Waals surface area contributed by atoms with Crippen molar-refractivity contribution in [2.45, 2.75) is 61.4 Å². The Morgan fingerprint density at radius 3 is 2.85 bits per heavy atom. The zero-order chi connectivity index (χ0) is 22.6. The van der Waals surface area contributed by atoms with Gasteiger partial charge in [-0.3, -0.25) is 10.1 Å². The average Bonchev–Trinajstić information content (AvgIpc) is 3.47. The van der Waals surface area contributed by atoms with Gasteiger partial charge in [0, 0.05) is 35.0 Å². The van der Waals surface area contributed by atoms with Gasteiger partial charge in [0.1, 0.15) is 5.82 Å². The van der Waals surface area contributed by atoms with Crippen LogP contribution in [-0.4, -0.2) is 44.0 Å². The fourth-order valence-corrected chi connectivity index (χ4v) is 6.65. The first-order chi connectivity index (χ1) is 16.2. The van der Waals surface area contributed by atoms with Gasteiger partial charge in [0.05, 0.1) is 12.1 Å². The standard InChI is InChI=1S/C24H28ClN5OS2/c25-17-8-9-19-20(13-17)26-21(27-23(19)31)15-33-24-29-28-22(14-18-7-4-12-32-18)30(24)11-10-16-5-2-1-3-6-16/h1-7,12,17,19-21,26H,8-11,13-15H2,(H,27,31). The number of carbonyl (C=O) groups excluding carboxylic acids is 1. The number of thiophene rings is 1. The summed E-state index contributed by atoms with van der Waals surface area (Å²) in [6.45, 7) is 0.823. The monoisotopic (exact) mass is 501 g/mol. The number of fused-ring (bicyclic) bond motifs is 1. The van der Waals surface area contributed by atoms with Crippen LogP contribution in [0.25, 0.3) is 0 Å². The molecular weight excluding hydrogens is 474 g/mol. The van der Waals surface area contributed by atoms with Crippen LogP contribution < -0.4 is 10.6 Å². The Labute approximate surface area is 207 Å². The highest BCUT2D eigenvalue weighted by atomic mass is 35.5. The van der Waals surface area contributed by atoms with Crippen molar-refractivity contribution in [1.29, 1.82) is 0 Å². The Hall–Kier alpha value is -1.87. The van der Waals surface area contributed by atoms with E-state index in [0.29, 0.717) is 5.75 Å². The molecule has 0 radical (unpaired) electrons. The van der Waals surface area contributed by atoms with E-state index in [1.54, 1.807) is 23.1 Å². The molecule has 1 saturated heterocycles. The molecule has 3 heterocycles. The van der Waals surface area contributed by atoms with E-state index in [9.17, 15) is 4.79 Å². The van der Waals surface area contributed by atoms with Crippen LogP contribution in [0.15, 0.2) is 53.0 Å². The minimum atomic E-state index is -0.0919. The molecule has 2 aliphatic rings. The van der Waals surface area contributed by atoms with Crippen molar-refractivity contribution in [1.82, 2.24) is 25.4 Å². The van der Waals surface area contributed by atoms with E-state index in [1.807, 2.05) is 6.07 Å². The average molecular weight is 502 g/mol. The smallest absolute Gasteiger partial charge is 0.225 e. The van der Waals surface area contributed by atoms with Crippen molar-refractivity contribution in [3.63, 3.8) is 0 Å². The van der Waals surface area contributed by atoms with Crippen LogP contribution >= 0.6 is 34.7 Å². The Morgan fingerprint density at radius 1 is 1.15 bits per heavy atom. The lowest BCUT2D eigenvalue weighted by Gasteiger charge is -2.41. The predicted molar refractivity (Wildman–Crippen MR) is 134 cm³/mol. The van der Waals surface area contributed by atoms with Crippen LogP contribution in [0, 0.1) is 5.92 Å². The van der Waals surface area contributed by atoms with Crippen LogP contribution in [-0.2, 0) is 24.2 Å². The lowest BCUT2D eigenvalue weighted by atomic mass is 9.82. The topological polar surface area (TPSA) is 71.8 Å². The number of halogens is 1. The number of amides is 1. The fourth-order valence-electron chi connectivity index (χ4n) is 4.68. The van der Waals surface area contributed by atoms with Gasteiger partial charge >= 0.3 is 0 Å². The number of hydrogen-bond donors (Lipinski definition) is 2. The van der Waals surface area contributed by atoms with E-state index < -0.39 is 0 Å². The van der Waals surface area contributed by atoms with E-state index in [1.165, 1.54) is 10.4 Å². The van der Waals surface area contributed by atoms with Crippen molar-refractivity contribution in [2.75, 3.05) is 5.75 Å². The largest absolute Gasteiger partial charge is 0.340 e. The maximum atomic E-state index is 12.6. The molecule has 4 unspecified atom stereocenters. The van der Waals surface area contributed by atoms with E-state index >= 15 is 0 Å². The molecule has 9 heteroatoms. The number of nitrogens with one attached hydrogen (secondary N) is 2. The van der Waals surface area contributed by atoms with Gasteiger partial charge in [0.2, 0.25) is 5.91 Å². The number of alkyl halides is 1. The maximum absolute atomic E-state index is 12.6. The lowest BCUT2D eigenvalue weighted by Crippen LogP contribution is -2.63. The van der Waals surface area contributed by atoms with Gasteiger partial charge in [-0.25, -0.2) is 0 Å². The summed E-state index contributed by atoms with van der Waals surface area (Å²) in [6, 6.07) is 14.9. The van der Waals surface area contributed by atoms with Crippen LogP contribution in [0.1, 0.15) is 35.5 Å². The molecule has 5 rings (SSSR count). The molecule has 33 heavy (non-hydrogen) atoms. The molecule has 2 N–H and O–H groups in total. The first-order valence-electron chi connectivity index (χ1n) is 11.5. The zero-order valence-electron chi connectivity index (χ0n) is 18.3. The molecule has 1 aliphatic heterocycles. The number of rotatable bonds is 8. The van der Waals surface area contributed by atoms with E-state index in [2.05, 4.69) is 67.2 Å². The molecule has 1 saturated carbocycles. The van der Waals surface area contributed by atoms with Gasteiger partial charge in [0.15, 0.2) is 5.16 Å². The summed E-state index contributed by atoms with van der Waals surface area (Å²) in [5.41, 5.74) is 1.30. The molecule has 6 nitrogen and oxygen atoms in total. The third kappa shape index (κ3) is 5.62. The Morgan fingerprint density at radius 2 is 2.03 bits per heavy atom. The SMILES string of the molecule is O=C1NC(CSc2nnc(Cc3cccs3)n2CCc2ccccc2)NC2CC(Cl)CCC12. The molecule has 1 amide bonds. The summed E-state index contributed by atoms with van der Waals surface area (Å²) in [5, 5.41) is 19.0. The molecule has 2 aromatic heterocycles. The summed E-state index contributed by atoms with van der Waals surface area (Å²) in [4.78, 5) is 13.9. The van der Waals surface area contributed by atoms with Gasteiger partial charge in [-0.15, -0.1) is 33.1 Å². The Balaban J connectivity index is 1.27. The number of hydrogen-bond acceptors (Lipinski definition) is 6. The molecule has 0 bridgehead atoms. The minimum Gasteiger partial charge on any atom is -0.340 e. The highest BCUT2D eigenvalue weighted by molar-refractivity contribution is 7.99. The second kappa shape index (κ2) is 10.6. The highest BCUT2D eigenvalue weighted by Crippen LogP contribution is 2.31. The Kier molecular flexibility index (Phi) is 7.35. The number of aryl methyl sites for hydroxylation is 1. The number of thioether (sulfide) groups is 1. The molecule has 3 aromatic rings. The number of aromatic nitrogens is 3. The summed E-state index contributed by atoms with van der Waals surface area (Å²) >= 11 is 9.76. The summed E-state index contributed by atoms with van der Waals surface area (Å²) in [6.07, 6.45) is 4.22. The molecule has 4 atom stereocenters. The van der Waals surface area contributed by atoms with Crippen molar-refractivity contribution in [3.8, 4) is 0 Å². The van der Waals surface area contributed by atoms with E-state index in [0.717, 1.165) is 49.6 Å². The summed E-state index contributed by atoms with van der Waals surface area (Å²) in [7, 11) is 0. The van der Waals surface area contributed by atoms with Gasteiger partial charge in [-0.05, 0) is 42.7 Å². The Bertz CT molecular complexity index is 1060. The third-order valence-electron chi connectivity index (χ3n) is 6.41. The van der Waals surface area contributed by atoms with Crippen LogP contribution in [0.3, 0.4) is 0 Å². The first-order valence-corrected chi connectivity index (χ1v) is 13.8. The first kappa shape index (κ1) is 22.9. The molecule has 174 valence electrons.